The molecular formula is C20H34N4O3S2. The van der Waals surface area contributed by atoms with Gasteiger partial charge in [-0.25, -0.2) is 13.4 Å². The number of hydrogen-bond donors (Lipinski definition) is 2. The second kappa shape index (κ2) is 11.3. The molecular weight excluding hydrogens is 408 g/mol. The third-order valence-electron chi connectivity index (χ3n) is 5.49. The van der Waals surface area contributed by atoms with Gasteiger partial charge < -0.3 is 15.4 Å². The quantitative estimate of drug-likeness (QED) is 0.349. The highest BCUT2D eigenvalue weighted by Gasteiger charge is 2.27. The predicted octanol–water partition coefficient (Wildman–Crippen LogP) is 2.79. The van der Waals surface area contributed by atoms with Crippen LogP contribution in [0.3, 0.4) is 0 Å². The van der Waals surface area contributed by atoms with Crippen molar-refractivity contribution in [2.75, 3.05) is 39.4 Å². The number of thiophene rings is 1. The molecule has 2 heterocycles. The van der Waals surface area contributed by atoms with Gasteiger partial charge in [0.2, 0.25) is 0 Å². The normalized spacial score (nSPS) is 19.6. The number of ether oxygens (including phenoxy) is 1. The summed E-state index contributed by atoms with van der Waals surface area (Å²) in [5.74, 6) is 1.71. The van der Waals surface area contributed by atoms with Gasteiger partial charge in [0.25, 0.3) is 10.0 Å². The van der Waals surface area contributed by atoms with Crippen molar-refractivity contribution in [3.05, 3.63) is 17.0 Å². The second-order valence-corrected chi connectivity index (χ2v) is 11.0. The fourth-order valence-electron chi connectivity index (χ4n) is 3.89. The van der Waals surface area contributed by atoms with Crippen molar-refractivity contribution in [2.24, 2.45) is 10.9 Å². The monoisotopic (exact) mass is 442 g/mol. The summed E-state index contributed by atoms with van der Waals surface area (Å²) >= 11 is 1.31. The highest BCUT2D eigenvalue weighted by molar-refractivity contribution is 7.91. The predicted molar refractivity (Wildman–Crippen MR) is 118 cm³/mol. The van der Waals surface area contributed by atoms with Crippen LogP contribution in [0.1, 0.15) is 50.3 Å². The highest BCUT2D eigenvalue weighted by Crippen LogP contribution is 2.28. The molecule has 1 aromatic heterocycles. The lowest BCUT2D eigenvalue weighted by atomic mass is 10.0. The summed E-state index contributed by atoms with van der Waals surface area (Å²) in [4.78, 5) is 5.58. The van der Waals surface area contributed by atoms with E-state index in [4.69, 9.17) is 4.74 Å². The van der Waals surface area contributed by atoms with Crippen LogP contribution in [-0.2, 0) is 21.3 Å². The van der Waals surface area contributed by atoms with Crippen molar-refractivity contribution in [3.63, 3.8) is 0 Å². The fraction of sp³-hybridized carbons (Fsp3) is 0.750. The Morgan fingerprint density at radius 2 is 2.00 bits per heavy atom. The molecule has 0 unspecified atom stereocenters. The molecule has 1 aromatic rings. The lowest BCUT2D eigenvalue weighted by Gasteiger charge is -2.25. The molecule has 9 heteroatoms. The molecule has 2 fully saturated rings. The maximum absolute atomic E-state index is 12.7. The minimum atomic E-state index is -3.42. The van der Waals surface area contributed by atoms with Crippen molar-refractivity contribution in [2.45, 2.75) is 56.2 Å². The Labute approximate surface area is 179 Å². The largest absolute Gasteiger partial charge is 0.379 e. The van der Waals surface area contributed by atoms with Crippen molar-refractivity contribution in [1.82, 2.24) is 14.9 Å². The number of morpholine rings is 1. The van der Waals surface area contributed by atoms with E-state index in [-0.39, 0.29) is 0 Å². The lowest BCUT2D eigenvalue weighted by molar-refractivity contribution is 0.0731. The summed E-state index contributed by atoms with van der Waals surface area (Å²) in [6, 6.07) is 3.56. The third kappa shape index (κ3) is 6.67. The van der Waals surface area contributed by atoms with Gasteiger partial charge in [0.15, 0.2) is 5.96 Å². The Hall–Kier alpha value is -1.16. The summed E-state index contributed by atoms with van der Waals surface area (Å²) in [6.07, 6.45) is 8.03. The summed E-state index contributed by atoms with van der Waals surface area (Å²) in [5, 5.41) is 6.68. The van der Waals surface area contributed by atoms with Crippen molar-refractivity contribution in [3.8, 4) is 0 Å². The van der Waals surface area contributed by atoms with Crippen LogP contribution in [0.2, 0.25) is 0 Å². The molecule has 1 aliphatic heterocycles. The van der Waals surface area contributed by atoms with Crippen LogP contribution >= 0.6 is 11.3 Å². The van der Waals surface area contributed by atoms with E-state index < -0.39 is 10.0 Å². The van der Waals surface area contributed by atoms with E-state index >= 15 is 0 Å². The maximum Gasteiger partial charge on any atom is 0.252 e. The minimum absolute atomic E-state index is 0.388. The molecule has 0 amide bonds. The van der Waals surface area contributed by atoms with E-state index in [2.05, 4.69) is 15.6 Å². The molecule has 3 rings (SSSR count). The Morgan fingerprint density at radius 3 is 2.72 bits per heavy atom. The van der Waals surface area contributed by atoms with Gasteiger partial charge in [-0.1, -0.05) is 25.7 Å². The molecule has 2 N–H and O–H groups in total. The van der Waals surface area contributed by atoms with Crippen LogP contribution < -0.4 is 10.6 Å². The van der Waals surface area contributed by atoms with Gasteiger partial charge in [-0.2, -0.15) is 4.31 Å². The smallest absolute Gasteiger partial charge is 0.252 e. The lowest BCUT2D eigenvalue weighted by Crippen LogP contribution is -2.40. The maximum atomic E-state index is 12.7. The van der Waals surface area contributed by atoms with Crippen LogP contribution in [0.15, 0.2) is 21.3 Å². The summed E-state index contributed by atoms with van der Waals surface area (Å²) in [7, 11) is -3.42. The van der Waals surface area contributed by atoms with Gasteiger partial charge in [-0.3, -0.25) is 0 Å². The zero-order valence-corrected chi connectivity index (χ0v) is 19.0. The van der Waals surface area contributed by atoms with Crippen LogP contribution in [-0.4, -0.2) is 58.1 Å². The van der Waals surface area contributed by atoms with Crippen LogP contribution in [0.5, 0.6) is 0 Å². The summed E-state index contributed by atoms with van der Waals surface area (Å²) in [5.41, 5.74) is 0. The Morgan fingerprint density at radius 1 is 1.24 bits per heavy atom. The first-order chi connectivity index (χ1) is 14.1. The van der Waals surface area contributed by atoms with Gasteiger partial charge >= 0.3 is 0 Å². The molecule has 0 spiro atoms. The van der Waals surface area contributed by atoms with Crippen LogP contribution in [0.4, 0.5) is 0 Å². The number of nitrogens with one attached hydrogen (secondary N) is 2. The van der Waals surface area contributed by atoms with E-state index in [1.54, 1.807) is 6.07 Å². The van der Waals surface area contributed by atoms with E-state index in [1.165, 1.54) is 47.7 Å². The van der Waals surface area contributed by atoms with E-state index in [0.29, 0.717) is 37.1 Å². The molecule has 7 nitrogen and oxygen atoms in total. The number of hydrogen-bond acceptors (Lipinski definition) is 5. The van der Waals surface area contributed by atoms with E-state index in [0.717, 1.165) is 36.3 Å². The highest BCUT2D eigenvalue weighted by atomic mass is 32.2. The number of guanidine groups is 1. The van der Waals surface area contributed by atoms with Gasteiger partial charge in [0, 0.05) is 31.1 Å². The second-order valence-electron chi connectivity index (χ2n) is 7.65. The van der Waals surface area contributed by atoms with Crippen molar-refractivity contribution >= 4 is 27.3 Å². The zero-order valence-electron chi connectivity index (χ0n) is 17.4. The average molecular weight is 443 g/mol. The molecule has 0 aromatic carbocycles. The Bertz CT molecular complexity index is 752. The van der Waals surface area contributed by atoms with E-state index in [9.17, 15) is 8.42 Å². The summed E-state index contributed by atoms with van der Waals surface area (Å²) < 4.78 is 32.6. The first-order valence-electron chi connectivity index (χ1n) is 10.8. The Kier molecular flexibility index (Phi) is 8.77. The van der Waals surface area contributed by atoms with Crippen molar-refractivity contribution in [1.29, 1.82) is 0 Å². The first kappa shape index (κ1) is 22.5. The van der Waals surface area contributed by atoms with Gasteiger partial charge in [0.1, 0.15) is 4.21 Å². The molecule has 29 heavy (non-hydrogen) atoms. The topological polar surface area (TPSA) is 83.0 Å². The standard InChI is InChI=1S/C20H34N4O3S2/c1-2-21-20(22-11-5-8-17-6-3-4-7-17)23-16-18-9-10-19(28-18)29(25,26)24-12-14-27-15-13-24/h9-10,17H,2-8,11-16H2,1H3,(H2,21,22,23). The molecule has 0 radical (unpaired) electrons. The van der Waals surface area contributed by atoms with E-state index in [1.807, 2.05) is 13.0 Å². The van der Waals surface area contributed by atoms with Crippen LogP contribution in [0.25, 0.3) is 0 Å². The molecule has 1 saturated heterocycles. The fourth-order valence-corrected chi connectivity index (χ4v) is 6.73. The molecule has 1 aliphatic carbocycles. The zero-order chi connectivity index (χ0) is 20.5. The van der Waals surface area contributed by atoms with Gasteiger partial charge in [-0.15, -0.1) is 11.3 Å². The van der Waals surface area contributed by atoms with Gasteiger partial charge in [-0.05, 0) is 37.8 Å². The summed E-state index contributed by atoms with van der Waals surface area (Å²) in [6.45, 7) is 6.00. The minimum Gasteiger partial charge on any atom is -0.379 e. The van der Waals surface area contributed by atoms with Crippen LogP contribution in [0, 0.1) is 5.92 Å². The molecule has 164 valence electrons. The van der Waals surface area contributed by atoms with Gasteiger partial charge in [0.05, 0.1) is 19.8 Å². The first-order valence-corrected chi connectivity index (χ1v) is 13.0. The SMILES string of the molecule is CCNC(=NCc1ccc(S(=O)(=O)N2CCOCC2)s1)NCCCC1CCCC1. The number of sulfonamides is 1. The molecule has 1 saturated carbocycles. The Balaban J connectivity index is 1.51. The number of nitrogens with zero attached hydrogens (tertiary/aromatic N) is 2. The molecule has 2 aliphatic rings. The molecule has 0 atom stereocenters. The van der Waals surface area contributed by atoms with Crippen molar-refractivity contribution < 1.29 is 13.2 Å². The number of rotatable bonds is 9. The number of aliphatic imine (C=N–C) groups is 1. The third-order valence-corrected chi connectivity index (χ3v) is 8.93. The average Bonchev–Trinajstić information content (AvgIpc) is 3.42. The molecule has 0 bridgehead atoms.